The number of rotatable bonds is 2. The molecule has 3 rings (SSSR count). The van der Waals surface area contributed by atoms with E-state index >= 15 is 0 Å². The van der Waals surface area contributed by atoms with E-state index in [0.717, 1.165) is 23.8 Å². The molecule has 1 aliphatic carbocycles. The summed E-state index contributed by atoms with van der Waals surface area (Å²) in [7, 11) is 0. The standard InChI is InChI=1S/C14H14N2O3/c1-8-10-4-2-3-5-11(10)19-12(8)14(18)16-15-13(17)9-6-7-9/h2-5,9H,6-7H2,1H3,(H,15,17)(H,16,18). The van der Waals surface area contributed by atoms with Crippen LogP contribution in [0.4, 0.5) is 0 Å². The van der Waals surface area contributed by atoms with Crippen LogP contribution in [-0.2, 0) is 4.79 Å². The first-order valence-corrected chi connectivity index (χ1v) is 6.25. The van der Waals surface area contributed by atoms with Gasteiger partial charge in [-0.2, -0.15) is 0 Å². The monoisotopic (exact) mass is 258 g/mol. The van der Waals surface area contributed by atoms with Gasteiger partial charge in [-0.15, -0.1) is 0 Å². The number of hydrogen-bond acceptors (Lipinski definition) is 3. The Morgan fingerprint density at radius 2 is 1.95 bits per heavy atom. The van der Waals surface area contributed by atoms with Crippen molar-refractivity contribution in [3.05, 3.63) is 35.6 Å². The quantitative estimate of drug-likeness (QED) is 0.808. The van der Waals surface area contributed by atoms with Crippen LogP contribution in [0.25, 0.3) is 11.0 Å². The predicted octanol–water partition coefficient (Wildman–Crippen LogP) is 1.91. The molecule has 1 saturated carbocycles. The molecule has 5 heteroatoms. The van der Waals surface area contributed by atoms with Gasteiger partial charge in [-0.1, -0.05) is 18.2 Å². The molecule has 1 fully saturated rings. The summed E-state index contributed by atoms with van der Waals surface area (Å²) in [6.07, 6.45) is 1.79. The Morgan fingerprint density at radius 1 is 1.21 bits per heavy atom. The lowest BCUT2D eigenvalue weighted by atomic mass is 10.1. The van der Waals surface area contributed by atoms with Crippen molar-refractivity contribution in [3.63, 3.8) is 0 Å². The van der Waals surface area contributed by atoms with Crippen molar-refractivity contribution >= 4 is 22.8 Å². The molecule has 1 heterocycles. The summed E-state index contributed by atoms with van der Waals surface area (Å²) in [5.41, 5.74) is 6.24. The Kier molecular flexibility index (Phi) is 2.74. The molecule has 1 aliphatic rings. The first-order chi connectivity index (χ1) is 9.16. The van der Waals surface area contributed by atoms with Gasteiger partial charge in [-0.25, -0.2) is 0 Å². The zero-order valence-electron chi connectivity index (χ0n) is 10.5. The number of hydrazine groups is 1. The number of amides is 2. The molecule has 0 unspecified atom stereocenters. The number of carbonyl (C=O) groups excluding carboxylic acids is 2. The summed E-state index contributed by atoms with van der Waals surface area (Å²) in [4.78, 5) is 23.4. The number of aryl methyl sites for hydroxylation is 1. The fourth-order valence-corrected chi connectivity index (χ4v) is 2.01. The number of para-hydroxylation sites is 1. The van der Waals surface area contributed by atoms with Crippen molar-refractivity contribution in [1.29, 1.82) is 0 Å². The van der Waals surface area contributed by atoms with Crippen LogP contribution in [0.3, 0.4) is 0 Å². The van der Waals surface area contributed by atoms with Gasteiger partial charge >= 0.3 is 5.91 Å². The molecule has 1 aromatic heterocycles. The van der Waals surface area contributed by atoms with Gasteiger partial charge < -0.3 is 4.42 Å². The van der Waals surface area contributed by atoms with E-state index in [4.69, 9.17) is 4.42 Å². The lowest BCUT2D eigenvalue weighted by molar-refractivity contribution is -0.123. The number of nitrogens with one attached hydrogen (secondary N) is 2. The van der Waals surface area contributed by atoms with Crippen molar-refractivity contribution < 1.29 is 14.0 Å². The maximum Gasteiger partial charge on any atom is 0.305 e. The van der Waals surface area contributed by atoms with Crippen molar-refractivity contribution in [1.82, 2.24) is 10.9 Å². The summed E-state index contributed by atoms with van der Waals surface area (Å²) >= 11 is 0. The van der Waals surface area contributed by atoms with Gasteiger partial charge in [0.05, 0.1) is 0 Å². The lowest BCUT2D eigenvalue weighted by Gasteiger charge is -2.04. The van der Waals surface area contributed by atoms with Crippen LogP contribution >= 0.6 is 0 Å². The van der Waals surface area contributed by atoms with Crippen molar-refractivity contribution in [3.8, 4) is 0 Å². The minimum atomic E-state index is -0.428. The molecule has 1 aromatic carbocycles. The molecule has 19 heavy (non-hydrogen) atoms. The summed E-state index contributed by atoms with van der Waals surface area (Å²) in [5, 5.41) is 0.904. The van der Waals surface area contributed by atoms with E-state index in [2.05, 4.69) is 10.9 Å². The van der Waals surface area contributed by atoms with E-state index in [1.165, 1.54) is 0 Å². The molecule has 2 N–H and O–H groups in total. The Bertz CT molecular complexity index is 656. The average molecular weight is 258 g/mol. The third-order valence-corrected chi connectivity index (χ3v) is 3.30. The lowest BCUT2D eigenvalue weighted by Crippen LogP contribution is -2.42. The number of carbonyl (C=O) groups is 2. The summed E-state index contributed by atoms with van der Waals surface area (Å²) in [6.45, 7) is 1.82. The zero-order valence-corrected chi connectivity index (χ0v) is 10.5. The molecular weight excluding hydrogens is 244 g/mol. The molecule has 0 aliphatic heterocycles. The maximum atomic E-state index is 12.0. The molecule has 0 radical (unpaired) electrons. The molecule has 98 valence electrons. The fraction of sp³-hybridized carbons (Fsp3) is 0.286. The van der Waals surface area contributed by atoms with Gasteiger partial charge in [-0.05, 0) is 25.8 Å². The van der Waals surface area contributed by atoms with Gasteiger partial charge in [-0.3, -0.25) is 20.4 Å². The highest BCUT2D eigenvalue weighted by molar-refractivity contribution is 5.99. The molecular formula is C14H14N2O3. The topological polar surface area (TPSA) is 71.3 Å². The van der Waals surface area contributed by atoms with Crippen molar-refractivity contribution in [2.45, 2.75) is 19.8 Å². The Labute approximate surface area is 109 Å². The first-order valence-electron chi connectivity index (χ1n) is 6.25. The van der Waals surface area contributed by atoms with Gasteiger partial charge in [0.1, 0.15) is 5.58 Å². The van der Waals surface area contributed by atoms with Crippen molar-refractivity contribution in [2.24, 2.45) is 5.92 Å². The van der Waals surface area contributed by atoms with Crippen LogP contribution in [-0.4, -0.2) is 11.8 Å². The molecule has 5 nitrogen and oxygen atoms in total. The summed E-state index contributed by atoms with van der Waals surface area (Å²) in [5.74, 6) is -0.279. The number of fused-ring (bicyclic) bond motifs is 1. The highest BCUT2D eigenvalue weighted by atomic mass is 16.3. The fourth-order valence-electron chi connectivity index (χ4n) is 2.01. The van der Waals surface area contributed by atoms with Crippen LogP contribution in [0.5, 0.6) is 0 Å². The van der Waals surface area contributed by atoms with Crippen LogP contribution in [0.2, 0.25) is 0 Å². The van der Waals surface area contributed by atoms with E-state index in [1.807, 2.05) is 31.2 Å². The molecule has 0 saturated heterocycles. The van der Waals surface area contributed by atoms with Crippen LogP contribution in [0, 0.1) is 12.8 Å². The van der Waals surface area contributed by atoms with Gasteiger partial charge in [0.25, 0.3) is 0 Å². The largest absolute Gasteiger partial charge is 0.451 e. The molecule has 2 amide bonds. The second kappa shape index (κ2) is 4.42. The Balaban J connectivity index is 1.77. The Hall–Kier alpha value is -2.30. The van der Waals surface area contributed by atoms with Gasteiger partial charge in [0.15, 0.2) is 5.76 Å². The van der Waals surface area contributed by atoms with Crippen molar-refractivity contribution in [2.75, 3.05) is 0 Å². The summed E-state index contributed by atoms with van der Waals surface area (Å²) in [6, 6.07) is 7.44. The Morgan fingerprint density at radius 3 is 2.63 bits per heavy atom. The van der Waals surface area contributed by atoms with E-state index in [9.17, 15) is 9.59 Å². The van der Waals surface area contributed by atoms with Crippen LogP contribution < -0.4 is 10.9 Å². The number of furan rings is 1. The normalized spacial score (nSPS) is 14.4. The smallest absolute Gasteiger partial charge is 0.305 e. The first kappa shape index (κ1) is 11.8. The maximum absolute atomic E-state index is 12.0. The van der Waals surface area contributed by atoms with E-state index in [0.29, 0.717) is 5.58 Å². The second-order valence-corrected chi connectivity index (χ2v) is 4.77. The number of benzene rings is 1. The van der Waals surface area contributed by atoms with Gasteiger partial charge in [0.2, 0.25) is 5.91 Å². The van der Waals surface area contributed by atoms with E-state index < -0.39 is 5.91 Å². The minimum absolute atomic E-state index is 0.0528. The van der Waals surface area contributed by atoms with E-state index in [1.54, 1.807) is 0 Å². The third-order valence-electron chi connectivity index (χ3n) is 3.30. The summed E-state index contributed by atoms with van der Waals surface area (Å²) < 4.78 is 5.51. The van der Waals surface area contributed by atoms with Crippen LogP contribution in [0.1, 0.15) is 29.0 Å². The molecule has 0 spiro atoms. The molecule has 0 bridgehead atoms. The molecule has 2 aromatic rings. The average Bonchev–Trinajstić information content (AvgIpc) is 3.21. The highest BCUT2D eigenvalue weighted by Crippen LogP contribution is 2.28. The van der Waals surface area contributed by atoms with E-state index in [-0.39, 0.29) is 17.6 Å². The highest BCUT2D eigenvalue weighted by Gasteiger charge is 2.30. The SMILES string of the molecule is Cc1c(C(=O)NNC(=O)C2CC2)oc2ccccc12. The zero-order chi connectivity index (χ0) is 13.4. The minimum Gasteiger partial charge on any atom is -0.451 e. The second-order valence-electron chi connectivity index (χ2n) is 4.77. The van der Waals surface area contributed by atoms with Gasteiger partial charge in [0, 0.05) is 16.9 Å². The third kappa shape index (κ3) is 2.19. The van der Waals surface area contributed by atoms with Crippen LogP contribution in [0.15, 0.2) is 28.7 Å². The number of hydrogen-bond donors (Lipinski definition) is 2. The molecule has 0 atom stereocenters. The predicted molar refractivity (Wildman–Crippen MR) is 69.3 cm³/mol.